The number of fused-ring (bicyclic) bond motifs is 1. The van der Waals surface area contributed by atoms with Crippen molar-refractivity contribution in [1.82, 2.24) is 19.9 Å². The molecule has 1 aliphatic heterocycles. The van der Waals surface area contributed by atoms with Crippen LogP contribution in [0.2, 0.25) is 0 Å². The largest absolute Gasteiger partial charge is 0.368 e. The van der Waals surface area contributed by atoms with Gasteiger partial charge in [0, 0.05) is 30.5 Å². The molecule has 1 unspecified atom stereocenters. The molecule has 1 atom stereocenters. The molecule has 24 heavy (non-hydrogen) atoms. The highest BCUT2D eigenvalue weighted by molar-refractivity contribution is 6.05. The first kappa shape index (κ1) is 14.7. The number of hydrogen-bond acceptors (Lipinski definition) is 5. The van der Waals surface area contributed by atoms with Gasteiger partial charge in [-0.25, -0.2) is 0 Å². The molecule has 0 spiro atoms. The summed E-state index contributed by atoms with van der Waals surface area (Å²) >= 11 is 0. The zero-order valence-corrected chi connectivity index (χ0v) is 13.0. The molecule has 0 saturated carbocycles. The normalized spacial score (nSPS) is 17.8. The smallest absolute Gasteiger partial charge is 0.273 e. The van der Waals surface area contributed by atoms with Crippen LogP contribution in [0.5, 0.6) is 0 Å². The van der Waals surface area contributed by atoms with Crippen LogP contribution in [0.1, 0.15) is 22.3 Å². The van der Waals surface area contributed by atoms with Gasteiger partial charge in [-0.05, 0) is 11.5 Å². The molecule has 0 aliphatic carbocycles. The van der Waals surface area contributed by atoms with E-state index in [4.69, 9.17) is 4.74 Å². The van der Waals surface area contributed by atoms with Crippen molar-refractivity contribution in [2.75, 3.05) is 19.7 Å². The summed E-state index contributed by atoms with van der Waals surface area (Å²) in [6, 6.07) is 9.69. The molecule has 3 aromatic rings. The van der Waals surface area contributed by atoms with E-state index in [1.807, 2.05) is 30.3 Å². The minimum atomic E-state index is -0.258. The summed E-state index contributed by atoms with van der Waals surface area (Å²) in [6.07, 6.45) is 6.35. The highest BCUT2D eigenvalue weighted by Crippen LogP contribution is 2.23. The number of pyridine rings is 1. The first-order chi connectivity index (χ1) is 11.8. The van der Waals surface area contributed by atoms with Crippen molar-refractivity contribution < 1.29 is 9.53 Å². The van der Waals surface area contributed by atoms with Gasteiger partial charge < -0.3 is 9.64 Å². The van der Waals surface area contributed by atoms with Gasteiger partial charge in [-0.15, -0.1) is 0 Å². The predicted molar refractivity (Wildman–Crippen MR) is 88.4 cm³/mol. The highest BCUT2D eigenvalue weighted by atomic mass is 16.5. The second-order valence-electron chi connectivity index (χ2n) is 5.62. The lowest BCUT2D eigenvalue weighted by Crippen LogP contribution is -2.42. The molecule has 2 aromatic heterocycles. The summed E-state index contributed by atoms with van der Waals surface area (Å²) < 4.78 is 5.75. The third-order valence-corrected chi connectivity index (χ3v) is 4.14. The minimum Gasteiger partial charge on any atom is -0.368 e. The Hall–Kier alpha value is -2.86. The monoisotopic (exact) mass is 320 g/mol. The average molecular weight is 320 g/mol. The predicted octanol–water partition coefficient (Wildman–Crippen LogP) is 2.24. The van der Waals surface area contributed by atoms with E-state index in [1.165, 1.54) is 0 Å². The first-order valence-corrected chi connectivity index (χ1v) is 7.83. The molecule has 6 nitrogen and oxygen atoms in total. The zero-order chi connectivity index (χ0) is 16.4. The summed E-state index contributed by atoms with van der Waals surface area (Å²) in [6.45, 7) is 1.46. The maximum absolute atomic E-state index is 13.0. The minimum absolute atomic E-state index is 0.0796. The van der Waals surface area contributed by atoms with E-state index in [9.17, 15) is 4.79 Å². The van der Waals surface area contributed by atoms with Gasteiger partial charge in [-0.3, -0.25) is 19.7 Å². The Morgan fingerprint density at radius 1 is 1.12 bits per heavy atom. The molecular formula is C18H16N4O2. The Kier molecular flexibility index (Phi) is 3.88. The number of rotatable bonds is 2. The average Bonchev–Trinajstić information content (AvgIpc) is 2.68. The van der Waals surface area contributed by atoms with Crippen LogP contribution >= 0.6 is 0 Å². The van der Waals surface area contributed by atoms with Crippen LogP contribution in [0.4, 0.5) is 0 Å². The number of ether oxygens (including phenoxy) is 1. The fourth-order valence-corrected chi connectivity index (χ4v) is 2.93. The van der Waals surface area contributed by atoms with E-state index >= 15 is 0 Å². The number of benzene rings is 1. The molecule has 6 heteroatoms. The van der Waals surface area contributed by atoms with Crippen molar-refractivity contribution in [3.63, 3.8) is 0 Å². The second kappa shape index (κ2) is 6.33. The van der Waals surface area contributed by atoms with E-state index in [-0.39, 0.29) is 12.0 Å². The van der Waals surface area contributed by atoms with Crippen LogP contribution in [0.3, 0.4) is 0 Å². The van der Waals surface area contributed by atoms with Gasteiger partial charge in [0.2, 0.25) is 0 Å². The molecular weight excluding hydrogens is 304 g/mol. The van der Waals surface area contributed by atoms with Crippen molar-refractivity contribution in [3.8, 4) is 0 Å². The van der Waals surface area contributed by atoms with E-state index in [0.717, 1.165) is 16.5 Å². The third-order valence-electron chi connectivity index (χ3n) is 4.14. The van der Waals surface area contributed by atoms with Gasteiger partial charge in [0.15, 0.2) is 0 Å². The van der Waals surface area contributed by atoms with Gasteiger partial charge in [-0.2, -0.15) is 0 Å². The number of hydrogen-bond donors (Lipinski definition) is 0. The van der Waals surface area contributed by atoms with Crippen LogP contribution in [0, 0.1) is 0 Å². The Balaban J connectivity index is 1.62. The van der Waals surface area contributed by atoms with Crippen molar-refractivity contribution >= 4 is 16.7 Å². The lowest BCUT2D eigenvalue weighted by molar-refractivity contribution is -0.0250. The maximum atomic E-state index is 13.0. The Morgan fingerprint density at radius 3 is 2.92 bits per heavy atom. The van der Waals surface area contributed by atoms with Crippen LogP contribution in [0.15, 0.2) is 55.1 Å². The molecule has 0 radical (unpaired) electrons. The number of carbonyl (C=O) groups excluding carboxylic acids is 1. The van der Waals surface area contributed by atoms with Gasteiger partial charge in [0.25, 0.3) is 5.91 Å². The number of morpholine rings is 1. The van der Waals surface area contributed by atoms with Crippen molar-refractivity contribution in [2.24, 2.45) is 0 Å². The van der Waals surface area contributed by atoms with Gasteiger partial charge in [0.1, 0.15) is 11.8 Å². The number of aromatic nitrogens is 3. The topological polar surface area (TPSA) is 68.2 Å². The third kappa shape index (κ3) is 2.72. The van der Waals surface area contributed by atoms with E-state index in [0.29, 0.717) is 25.4 Å². The molecule has 1 aromatic carbocycles. The van der Waals surface area contributed by atoms with Crippen LogP contribution < -0.4 is 0 Å². The fourth-order valence-electron chi connectivity index (χ4n) is 2.93. The van der Waals surface area contributed by atoms with Gasteiger partial charge >= 0.3 is 0 Å². The number of nitrogens with zero attached hydrogens (tertiary/aromatic N) is 4. The first-order valence-electron chi connectivity index (χ1n) is 7.83. The van der Waals surface area contributed by atoms with E-state index < -0.39 is 0 Å². The van der Waals surface area contributed by atoms with E-state index in [1.54, 1.807) is 29.7 Å². The molecule has 1 aliphatic rings. The SMILES string of the molecule is O=C(c1nccc2ccccc12)N1CCOC(c2cnccn2)C1. The van der Waals surface area contributed by atoms with Crippen LogP contribution in [-0.4, -0.2) is 45.5 Å². The summed E-state index contributed by atoms with van der Waals surface area (Å²) in [4.78, 5) is 27.4. The molecule has 0 bridgehead atoms. The molecule has 120 valence electrons. The number of amides is 1. The number of carbonyl (C=O) groups is 1. The summed E-state index contributed by atoms with van der Waals surface area (Å²) in [5.74, 6) is -0.0796. The quantitative estimate of drug-likeness (QED) is 0.724. The highest BCUT2D eigenvalue weighted by Gasteiger charge is 2.28. The van der Waals surface area contributed by atoms with Gasteiger partial charge in [-0.1, -0.05) is 24.3 Å². The standard InChI is InChI=1S/C18H16N4O2/c23-18(17-14-4-2-1-3-13(14)5-6-21-17)22-9-10-24-16(12-22)15-11-19-7-8-20-15/h1-8,11,16H,9-10,12H2. The lowest BCUT2D eigenvalue weighted by atomic mass is 10.1. The fraction of sp³-hybridized carbons (Fsp3) is 0.222. The van der Waals surface area contributed by atoms with Crippen LogP contribution in [-0.2, 0) is 4.74 Å². The molecule has 1 fully saturated rings. The van der Waals surface area contributed by atoms with E-state index in [2.05, 4.69) is 15.0 Å². The van der Waals surface area contributed by atoms with Crippen molar-refractivity contribution in [1.29, 1.82) is 0 Å². The zero-order valence-electron chi connectivity index (χ0n) is 13.0. The lowest BCUT2D eigenvalue weighted by Gasteiger charge is -2.32. The molecule has 1 saturated heterocycles. The summed E-state index contributed by atoms with van der Waals surface area (Å²) in [7, 11) is 0. The van der Waals surface area contributed by atoms with Crippen LogP contribution in [0.25, 0.3) is 10.8 Å². The molecule has 0 N–H and O–H groups in total. The maximum Gasteiger partial charge on any atom is 0.273 e. The second-order valence-corrected chi connectivity index (χ2v) is 5.62. The Morgan fingerprint density at radius 2 is 2.04 bits per heavy atom. The molecule has 4 rings (SSSR count). The summed E-state index contributed by atoms with van der Waals surface area (Å²) in [5.41, 5.74) is 1.22. The summed E-state index contributed by atoms with van der Waals surface area (Å²) in [5, 5.41) is 1.88. The van der Waals surface area contributed by atoms with Crippen molar-refractivity contribution in [2.45, 2.75) is 6.10 Å². The Bertz CT molecular complexity index is 864. The van der Waals surface area contributed by atoms with Crippen molar-refractivity contribution in [3.05, 3.63) is 66.5 Å². The molecule has 1 amide bonds. The van der Waals surface area contributed by atoms with Gasteiger partial charge in [0.05, 0.1) is 25.0 Å². The molecule has 3 heterocycles. The Labute approximate surface area is 139 Å².